The van der Waals surface area contributed by atoms with E-state index in [0.717, 1.165) is 57.4 Å². The lowest BCUT2D eigenvalue weighted by Crippen LogP contribution is -2.46. The lowest BCUT2D eigenvalue weighted by molar-refractivity contribution is 0.0169. The predicted octanol–water partition coefficient (Wildman–Crippen LogP) is 3.10. The number of guanidine groups is 1. The van der Waals surface area contributed by atoms with Crippen LogP contribution in [0.3, 0.4) is 0 Å². The molecule has 1 saturated carbocycles. The second kappa shape index (κ2) is 12.9. The maximum atomic E-state index is 13.4. The van der Waals surface area contributed by atoms with E-state index in [1.165, 1.54) is 44.2 Å². The maximum absolute atomic E-state index is 13.4. The van der Waals surface area contributed by atoms with Crippen LogP contribution in [0.5, 0.6) is 0 Å². The van der Waals surface area contributed by atoms with Gasteiger partial charge < -0.3 is 20.1 Å². The standard InChI is InChI=1S/C23H37FN4O2/c1-25-23(26-12-5-15-30-21-6-3-2-4-7-21)27-18-22(28-13-16-29-17-14-28)19-8-10-20(24)11-9-19/h8-11,21-22H,2-7,12-18H2,1H3,(H2,25,26,27). The van der Waals surface area contributed by atoms with E-state index >= 15 is 0 Å². The zero-order valence-electron chi connectivity index (χ0n) is 18.2. The van der Waals surface area contributed by atoms with Crippen molar-refractivity contribution < 1.29 is 13.9 Å². The molecule has 7 heteroatoms. The Labute approximate surface area is 180 Å². The molecule has 1 aromatic carbocycles. The molecule has 1 atom stereocenters. The topological polar surface area (TPSA) is 58.1 Å². The Morgan fingerprint density at radius 1 is 1.17 bits per heavy atom. The molecule has 2 N–H and O–H groups in total. The second-order valence-corrected chi connectivity index (χ2v) is 8.08. The Morgan fingerprint density at radius 3 is 2.60 bits per heavy atom. The van der Waals surface area contributed by atoms with Crippen molar-refractivity contribution in [3.63, 3.8) is 0 Å². The number of nitrogens with one attached hydrogen (secondary N) is 2. The predicted molar refractivity (Wildman–Crippen MR) is 118 cm³/mol. The molecule has 1 saturated heterocycles. The molecule has 0 spiro atoms. The Bertz CT molecular complexity index is 629. The van der Waals surface area contributed by atoms with Gasteiger partial charge in [-0.05, 0) is 37.0 Å². The zero-order chi connectivity index (χ0) is 21.0. The average Bonchev–Trinajstić information content (AvgIpc) is 2.80. The van der Waals surface area contributed by atoms with Crippen LogP contribution >= 0.6 is 0 Å². The van der Waals surface area contributed by atoms with Gasteiger partial charge in [-0.15, -0.1) is 0 Å². The highest BCUT2D eigenvalue weighted by Crippen LogP contribution is 2.22. The minimum Gasteiger partial charge on any atom is -0.379 e. The number of hydrogen-bond acceptors (Lipinski definition) is 4. The van der Waals surface area contributed by atoms with Crippen molar-refractivity contribution in [2.24, 2.45) is 4.99 Å². The fourth-order valence-electron chi connectivity index (χ4n) is 4.21. The second-order valence-electron chi connectivity index (χ2n) is 8.08. The Hall–Kier alpha value is -1.70. The number of nitrogens with zero attached hydrogens (tertiary/aromatic N) is 2. The van der Waals surface area contributed by atoms with Crippen molar-refractivity contribution >= 4 is 5.96 Å². The van der Waals surface area contributed by atoms with Gasteiger partial charge in [0.2, 0.25) is 0 Å². The van der Waals surface area contributed by atoms with Crippen molar-refractivity contribution in [2.45, 2.75) is 50.7 Å². The molecule has 0 amide bonds. The maximum Gasteiger partial charge on any atom is 0.191 e. The third-order valence-electron chi connectivity index (χ3n) is 5.95. The van der Waals surface area contributed by atoms with Gasteiger partial charge in [0.1, 0.15) is 5.82 Å². The molecule has 0 bridgehead atoms. The molecule has 0 radical (unpaired) electrons. The molecule has 1 aliphatic carbocycles. The molecule has 1 aromatic rings. The first kappa shape index (κ1) is 23.0. The van der Waals surface area contributed by atoms with Gasteiger partial charge in [-0.2, -0.15) is 0 Å². The molecular weight excluding hydrogens is 383 g/mol. The quantitative estimate of drug-likeness (QED) is 0.365. The molecule has 2 aliphatic rings. The number of halogens is 1. The molecule has 6 nitrogen and oxygen atoms in total. The third kappa shape index (κ3) is 7.52. The van der Waals surface area contributed by atoms with Crippen LogP contribution in [0.1, 0.15) is 50.1 Å². The Morgan fingerprint density at radius 2 is 1.90 bits per heavy atom. The number of rotatable bonds is 9. The first-order valence-corrected chi connectivity index (χ1v) is 11.4. The molecule has 3 rings (SSSR count). The Balaban J connectivity index is 1.43. The smallest absolute Gasteiger partial charge is 0.191 e. The van der Waals surface area contributed by atoms with Crippen LogP contribution in [0, 0.1) is 5.82 Å². The summed E-state index contributed by atoms with van der Waals surface area (Å²) >= 11 is 0. The van der Waals surface area contributed by atoms with E-state index in [1.807, 2.05) is 12.1 Å². The van der Waals surface area contributed by atoms with Crippen molar-refractivity contribution in [3.05, 3.63) is 35.6 Å². The number of benzene rings is 1. The summed E-state index contributed by atoms with van der Waals surface area (Å²) in [6.45, 7) is 5.51. The van der Waals surface area contributed by atoms with Gasteiger partial charge >= 0.3 is 0 Å². The van der Waals surface area contributed by atoms with Crippen molar-refractivity contribution in [1.82, 2.24) is 15.5 Å². The fourth-order valence-corrected chi connectivity index (χ4v) is 4.21. The SMILES string of the molecule is CN=C(NCCCOC1CCCCC1)NCC(c1ccc(F)cc1)N1CCOCC1. The molecule has 30 heavy (non-hydrogen) atoms. The van der Waals surface area contributed by atoms with Crippen LogP contribution in [0.2, 0.25) is 0 Å². The van der Waals surface area contributed by atoms with Crippen LogP contribution in [0.4, 0.5) is 4.39 Å². The Kier molecular flexibility index (Phi) is 9.86. The number of morpholine rings is 1. The average molecular weight is 421 g/mol. The normalized spacial score (nSPS) is 20.1. The minimum atomic E-state index is -0.208. The van der Waals surface area contributed by atoms with Crippen LogP contribution < -0.4 is 10.6 Å². The van der Waals surface area contributed by atoms with Crippen LogP contribution in [-0.2, 0) is 9.47 Å². The third-order valence-corrected chi connectivity index (χ3v) is 5.95. The van der Waals surface area contributed by atoms with Crippen LogP contribution in [0.15, 0.2) is 29.3 Å². The van der Waals surface area contributed by atoms with E-state index in [4.69, 9.17) is 9.47 Å². The molecule has 0 aromatic heterocycles. The van der Waals surface area contributed by atoms with Crippen molar-refractivity contribution in [1.29, 1.82) is 0 Å². The number of hydrogen-bond donors (Lipinski definition) is 2. The monoisotopic (exact) mass is 420 g/mol. The first-order valence-electron chi connectivity index (χ1n) is 11.4. The summed E-state index contributed by atoms with van der Waals surface area (Å²) in [5.74, 6) is 0.577. The van der Waals surface area contributed by atoms with Crippen molar-refractivity contribution in [3.8, 4) is 0 Å². The zero-order valence-corrected chi connectivity index (χ0v) is 18.2. The summed E-state index contributed by atoms with van der Waals surface area (Å²) in [5.41, 5.74) is 1.10. The highest BCUT2D eigenvalue weighted by atomic mass is 19.1. The first-order chi connectivity index (χ1) is 14.8. The van der Waals surface area contributed by atoms with E-state index in [-0.39, 0.29) is 11.9 Å². The molecule has 1 heterocycles. The summed E-state index contributed by atoms with van der Waals surface area (Å²) < 4.78 is 24.9. The van der Waals surface area contributed by atoms with Gasteiger partial charge in [0.25, 0.3) is 0 Å². The molecule has 168 valence electrons. The number of ether oxygens (including phenoxy) is 2. The van der Waals surface area contributed by atoms with E-state index in [9.17, 15) is 4.39 Å². The summed E-state index contributed by atoms with van der Waals surface area (Å²) in [6.07, 6.45) is 7.80. The lowest BCUT2D eigenvalue weighted by atomic mass is 9.98. The molecule has 1 aliphatic heterocycles. The molecule has 1 unspecified atom stereocenters. The van der Waals surface area contributed by atoms with E-state index in [0.29, 0.717) is 12.6 Å². The number of aliphatic imine (C=N–C) groups is 1. The van der Waals surface area contributed by atoms with Gasteiger partial charge in [-0.3, -0.25) is 9.89 Å². The van der Waals surface area contributed by atoms with Gasteiger partial charge in [-0.1, -0.05) is 31.4 Å². The van der Waals surface area contributed by atoms with E-state index < -0.39 is 0 Å². The fraction of sp³-hybridized carbons (Fsp3) is 0.696. The van der Waals surface area contributed by atoms with E-state index in [1.54, 1.807) is 7.05 Å². The van der Waals surface area contributed by atoms with Crippen LogP contribution in [-0.4, -0.2) is 70.0 Å². The van der Waals surface area contributed by atoms with Gasteiger partial charge in [0.05, 0.1) is 25.4 Å². The summed E-state index contributed by atoms with van der Waals surface area (Å²) in [6, 6.07) is 6.94. The summed E-state index contributed by atoms with van der Waals surface area (Å²) in [7, 11) is 1.79. The largest absolute Gasteiger partial charge is 0.379 e. The van der Waals surface area contributed by atoms with Crippen molar-refractivity contribution in [2.75, 3.05) is 53.0 Å². The van der Waals surface area contributed by atoms with Gasteiger partial charge in [0.15, 0.2) is 5.96 Å². The van der Waals surface area contributed by atoms with Crippen LogP contribution in [0.25, 0.3) is 0 Å². The van der Waals surface area contributed by atoms with E-state index in [2.05, 4.69) is 20.5 Å². The lowest BCUT2D eigenvalue weighted by Gasteiger charge is -2.35. The minimum absolute atomic E-state index is 0.141. The summed E-state index contributed by atoms with van der Waals surface area (Å²) in [4.78, 5) is 6.73. The van der Waals surface area contributed by atoms with Gasteiger partial charge in [-0.25, -0.2) is 4.39 Å². The highest BCUT2D eigenvalue weighted by Gasteiger charge is 2.23. The molecular formula is C23H37FN4O2. The highest BCUT2D eigenvalue weighted by molar-refractivity contribution is 5.79. The summed E-state index contributed by atoms with van der Waals surface area (Å²) in [5, 5.41) is 6.82. The van der Waals surface area contributed by atoms with Gasteiger partial charge in [0, 0.05) is 39.8 Å². The molecule has 2 fully saturated rings.